The summed E-state index contributed by atoms with van der Waals surface area (Å²) in [6, 6.07) is 15.1. The Morgan fingerprint density at radius 3 is 2.59 bits per heavy atom. The predicted molar refractivity (Wildman–Crippen MR) is 88.1 cm³/mol. The Balaban J connectivity index is 1.94. The summed E-state index contributed by atoms with van der Waals surface area (Å²) in [5, 5.41) is 5.80. The van der Waals surface area contributed by atoms with Crippen LogP contribution in [0.5, 0.6) is 0 Å². The third-order valence-corrected chi connectivity index (χ3v) is 4.80. The zero-order valence-corrected chi connectivity index (χ0v) is 13.0. The third-order valence-electron chi connectivity index (χ3n) is 4.13. The molecule has 4 heteroatoms. The Bertz CT molecular complexity index is 837. The molecule has 0 radical (unpaired) electrons. The molecule has 1 aliphatic rings. The van der Waals surface area contributed by atoms with Crippen molar-refractivity contribution in [3.8, 4) is 16.8 Å². The topological polar surface area (TPSA) is 17.8 Å². The summed E-state index contributed by atoms with van der Waals surface area (Å²) >= 11 is 1.66. The molecule has 0 fully saturated rings. The summed E-state index contributed by atoms with van der Waals surface area (Å²) in [6.45, 7) is 0. The van der Waals surface area contributed by atoms with Gasteiger partial charge in [-0.3, -0.25) is 0 Å². The van der Waals surface area contributed by atoms with Crippen LogP contribution in [-0.2, 0) is 12.8 Å². The van der Waals surface area contributed by atoms with Crippen molar-refractivity contribution in [1.82, 2.24) is 9.78 Å². The molecular formula is C18H15FN2S. The number of aromatic nitrogens is 2. The van der Waals surface area contributed by atoms with Crippen molar-refractivity contribution in [3.05, 3.63) is 65.6 Å². The molecule has 0 saturated heterocycles. The SMILES string of the molecule is CSc1nn(-c2ccc(F)cc2)c2c1-c1ccccc1CC2. The van der Waals surface area contributed by atoms with Gasteiger partial charge in [0.15, 0.2) is 0 Å². The Hall–Kier alpha value is -2.07. The van der Waals surface area contributed by atoms with Crippen molar-refractivity contribution in [2.45, 2.75) is 17.9 Å². The van der Waals surface area contributed by atoms with Crippen molar-refractivity contribution >= 4 is 11.8 Å². The zero-order chi connectivity index (χ0) is 15.1. The average Bonchev–Trinajstić information content (AvgIpc) is 2.95. The molecule has 2 nitrogen and oxygen atoms in total. The minimum atomic E-state index is -0.222. The van der Waals surface area contributed by atoms with Gasteiger partial charge in [0.2, 0.25) is 0 Å². The lowest BCUT2D eigenvalue weighted by molar-refractivity contribution is 0.626. The van der Waals surface area contributed by atoms with E-state index < -0.39 is 0 Å². The highest BCUT2D eigenvalue weighted by Gasteiger charge is 2.25. The minimum Gasteiger partial charge on any atom is -0.236 e. The van der Waals surface area contributed by atoms with Crippen molar-refractivity contribution in [2.24, 2.45) is 0 Å². The molecule has 1 heterocycles. The summed E-state index contributed by atoms with van der Waals surface area (Å²) < 4.78 is 15.1. The molecular weight excluding hydrogens is 295 g/mol. The van der Waals surface area contributed by atoms with E-state index in [2.05, 4.69) is 30.5 Å². The highest BCUT2D eigenvalue weighted by molar-refractivity contribution is 7.98. The Kier molecular flexibility index (Phi) is 3.26. The van der Waals surface area contributed by atoms with Gasteiger partial charge in [-0.05, 0) is 54.5 Å². The number of nitrogens with zero attached hydrogens (tertiary/aromatic N) is 2. The van der Waals surface area contributed by atoms with E-state index in [4.69, 9.17) is 5.10 Å². The van der Waals surface area contributed by atoms with Gasteiger partial charge in [0.05, 0.1) is 11.4 Å². The number of hydrogen-bond acceptors (Lipinski definition) is 2. The monoisotopic (exact) mass is 310 g/mol. The number of rotatable bonds is 2. The molecule has 22 heavy (non-hydrogen) atoms. The van der Waals surface area contributed by atoms with E-state index in [1.54, 1.807) is 23.9 Å². The molecule has 0 atom stereocenters. The van der Waals surface area contributed by atoms with Crippen LogP contribution in [0.3, 0.4) is 0 Å². The van der Waals surface area contributed by atoms with Gasteiger partial charge in [-0.15, -0.1) is 11.8 Å². The highest BCUT2D eigenvalue weighted by atomic mass is 32.2. The molecule has 2 aromatic carbocycles. The molecule has 110 valence electrons. The van der Waals surface area contributed by atoms with Gasteiger partial charge in [-0.2, -0.15) is 5.10 Å². The molecule has 0 saturated carbocycles. The maximum atomic E-state index is 13.2. The number of thioether (sulfide) groups is 1. The molecule has 0 spiro atoms. The van der Waals surface area contributed by atoms with Crippen LogP contribution in [0.15, 0.2) is 53.6 Å². The van der Waals surface area contributed by atoms with E-state index in [0.717, 1.165) is 23.6 Å². The smallest absolute Gasteiger partial charge is 0.126 e. The van der Waals surface area contributed by atoms with E-state index in [-0.39, 0.29) is 5.82 Å². The first kappa shape index (κ1) is 13.6. The second-order valence-corrected chi connectivity index (χ2v) is 6.17. The fourth-order valence-corrected chi connectivity index (χ4v) is 3.70. The summed E-state index contributed by atoms with van der Waals surface area (Å²) in [5.74, 6) is -0.222. The number of benzene rings is 2. The first-order chi connectivity index (χ1) is 10.8. The van der Waals surface area contributed by atoms with Crippen molar-refractivity contribution < 1.29 is 4.39 Å². The van der Waals surface area contributed by atoms with Crippen LogP contribution in [0.25, 0.3) is 16.8 Å². The van der Waals surface area contributed by atoms with E-state index >= 15 is 0 Å². The Morgan fingerprint density at radius 1 is 1.05 bits per heavy atom. The second kappa shape index (κ2) is 5.29. The van der Waals surface area contributed by atoms with Crippen LogP contribution < -0.4 is 0 Å². The van der Waals surface area contributed by atoms with Crippen LogP contribution in [0, 0.1) is 5.82 Å². The fraction of sp³-hybridized carbons (Fsp3) is 0.167. The zero-order valence-electron chi connectivity index (χ0n) is 12.2. The molecule has 3 aromatic rings. The lowest BCUT2D eigenvalue weighted by atomic mass is 9.90. The van der Waals surface area contributed by atoms with Crippen LogP contribution in [-0.4, -0.2) is 16.0 Å². The Labute approximate surface area is 133 Å². The van der Waals surface area contributed by atoms with Crippen molar-refractivity contribution in [2.75, 3.05) is 6.26 Å². The summed E-state index contributed by atoms with van der Waals surface area (Å²) in [5.41, 5.74) is 6.02. The first-order valence-electron chi connectivity index (χ1n) is 7.28. The quantitative estimate of drug-likeness (QED) is 0.649. The maximum Gasteiger partial charge on any atom is 0.126 e. The van der Waals surface area contributed by atoms with E-state index in [0.29, 0.717) is 0 Å². The van der Waals surface area contributed by atoms with Crippen LogP contribution >= 0.6 is 11.8 Å². The maximum absolute atomic E-state index is 13.2. The lowest BCUT2D eigenvalue weighted by Gasteiger charge is -2.18. The summed E-state index contributed by atoms with van der Waals surface area (Å²) in [6.07, 6.45) is 4.02. The van der Waals surface area contributed by atoms with Gasteiger partial charge in [-0.1, -0.05) is 24.3 Å². The highest BCUT2D eigenvalue weighted by Crippen LogP contribution is 2.40. The molecule has 1 aromatic heterocycles. The molecule has 0 unspecified atom stereocenters. The van der Waals surface area contributed by atoms with Gasteiger partial charge in [0.1, 0.15) is 10.8 Å². The largest absolute Gasteiger partial charge is 0.236 e. The lowest BCUT2D eigenvalue weighted by Crippen LogP contribution is -2.08. The van der Waals surface area contributed by atoms with Crippen molar-refractivity contribution in [1.29, 1.82) is 0 Å². The summed E-state index contributed by atoms with van der Waals surface area (Å²) in [4.78, 5) is 0. The summed E-state index contributed by atoms with van der Waals surface area (Å²) in [7, 11) is 0. The molecule has 0 aliphatic heterocycles. The van der Waals surface area contributed by atoms with Gasteiger partial charge >= 0.3 is 0 Å². The normalized spacial score (nSPS) is 12.8. The molecule has 0 bridgehead atoms. The number of hydrogen-bond donors (Lipinski definition) is 0. The van der Waals surface area contributed by atoms with Crippen LogP contribution in [0.1, 0.15) is 11.3 Å². The van der Waals surface area contributed by atoms with Gasteiger partial charge in [0.25, 0.3) is 0 Å². The van der Waals surface area contributed by atoms with Crippen molar-refractivity contribution in [3.63, 3.8) is 0 Å². The molecule has 0 N–H and O–H groups in total. The van der Waals surface area contributed by atoms with E-state index in [1.165, 1.54) is 34.5 Å². The van der Waals surface area contributed by atoms with E-state index in [1.807, 2.05) is 4.68 Å². The standard InChI is InChI=1S/C18H15FN2S/c1-22-18-17-15-5-3-2-4-12(15)6-11-16(17)21(20-18)14-9-7-13(19)8-10-14/h2-5,7-10H,6,11H2,1H3. The van der Waals surface area contributed by atoms with Crippen LogP contribution in [0.2, 0.25) is 0 Å². The third kappa shape index (κ3) is 2.06. The van der Waals surface area contributed by atoms with Gasteiger partial charge < -0.3 is 0 Å². The molecule has 1 aliphatic carbocycles. The van der Waals surface area contributed by atoms with Gasteiger partial charge in [-0.25, -0.2) is 9.07 Å². The predicted octanol–water partition coefficient (Wildman–Crippen LogP) is 4.50. The van der Waals surface area contributed by atoms with E-state index in [9.17, 15) is 4.39 Å². The minimum absolute atomic E-state index is 0.222. The molecule has 4 rings (SSSR count). The number of fused-ring (bicyclic) bond motifs is 3. The van der Waals surface area contributed by atoms with Gasteiger partial charge in [0, 0.05) is 5.56 Å². The number of halogens is 1. The Morgan fingerprint density at radius 2 is 1.82 bits per heavy atom. The fourth-order valence-electron chi connectivity index (χ4n) is 3.11. The average molecular weight is 310 g/mol. The second-order valence-electron chi connectivity index (χ2n) is 5.38. The number of aryl methyl sites for hydroxylation is 1. The molecule has 0 amide bonds. The first-order valence-corrected chi connectivity index (χ1v) is 8.50. The van der Waals surface area contributed by atoms with Crippen LogP contribution in [0.4, 0.5) is 4.39 Å².